The van der Waals surface area contributed by atoms with Gasteiger partial charge in [-0.25, -0.2) is 4.98 Å². The number of aromatic nitrogens is 2. The third-order valence-electron chi connectivity index (χ3n) is 3.29. The van der Waals surface area contributed by atoms with E-state index >= 15 is 0 Å². The van der Waals surface area contributed by atoms with Crippen molar-refractivity contribution in [2.75, 3.05) is 14.1 Å². The Hall–Kier alpha value is -0.870. The molecule has 0 spiro atoms. The van der Waals surface area contributed by atoms with Crippen molar-refractivity contribution >= 4 is 0 Å². The summed E-state index contributed by atoms with van der Waals surface area (Å²) >= 11 is 0. The van der Waals surface area contributed by atoms with E-state index in [1.54, 1.807) is 0 Å². The number of hydrogen-bond acceptors (Lipinski definition) is 3. The standard InChI is InChI=1S/C12H22N4/c1-10(15(2)3)8-16-9-13-6-12(16)7-14-11-4-5-11/h6,9-11,14H,4-5,7-8H2,1-3H3. The normalized spacial score (nSPS) is 18.0. The Bertz CT molecular complexity index is 328. The van der Waals surface area contributed by atoms with Crippen molar-refractivity contribution in [1.82, 2.24) is 19.8 Å². The highest BCUT2D eigenvalue weighted by Crippen LogP contribution is 2.19. The van der Waals surface area contributed by atoms with Crippen LogP contribution in [0.5, 0.6) is 0 Å². The molecule has 1 atom stereocenters. The zero-order chi connectivity index (χ0) is 11.5. The van der Waals surface area contributed by atoms with Gasteiger partial charge >= 0.3 is 0 Å². The highest BCUT2D eigenvalue weighted by atomic mass is 15.2. The minimum atomic E-state index is 0.536. The third kappa shape index (κ3) is 3.06. The smallest absolute Gasteiger partial charge is 0.0949 e. The van der Waals surface area contributed by atoms with E-state index in [4.69, 9.17) is 0 Å². The number of nitrogens with one attached hydrogen (secondary N) is 1. The quantitative estimate of drug-likeness (QED) is 0.782. The second-order valence-electron chi connectivity index (χ2n) is 5.01. The molecule has 16 heavy (non-hydrogen) atoms. The van der Waals surface area contributed by atoms with Crippen LogP contribution in [0.4, 0.5) is 0 Å². The zero-order valence-corrected chi connectivity index (χ0v) is 10.5. The summed E-state index contributed by atoms with van der Waals surface area (Å²) in [4.78, 5) is 6.47. The molecule has 0 amide bonds. The minimum Gasteiger partial charge on any atom is -0.332 e. The molecule has 1 N–H and O–H groups in total. The Kier molecular flexibility index (Phi) is 3.61. The number of likely N-dealkylation sites (N-methyl/N-ethyl adjacent to an activating group) is 1. The molecule has 0 bridgehead atoms. The fraction of sp³-hybridized carbons (Fsp3) is 0.750. The lowest BCUT2D eigenvalue weighted by atomic mass is 10.3. The SMILES string of the molecule is CC(Cn1cncc1CNC1CC1)N(C)C. The van der Waals surface area contributed by atoms with Gasteiger partial charge in [0, 0.05) is 31.4 Å². The van der Waals surface area contributed by atoms with E-state index in [0.29, 0.717) is 6.04 Å². The van der Waals surface area contributed by atoms with Gasteiger partial charge in [-0.3, -0.25) is 0 Å². The van der Waals surface area contributed by atoms with Crippen LogP contribution in [0.3, 0.4) is 0 Å². The van der Waals surface area contributed by atoms with Crippen molar-refractivity contribution in [3.05, 3.63) is 18.2 Å². The molecule has 0 saturated heterocycles. The fourth-order valence-electron chi connectivity index (χ4n) is 1.64. The maximum absolute atomic E-state index is 4.24. The van der Waals surface area contributed by atoms with E-state index < -0.39 is 0 Å². The maximum Gasteiger partial charge on any atom is 0.0949 e. The van der Waals surface area contributed by atoms with Gasteiger partial charge in [0.25, 0.3) is 0 Å². The molecule has 1 fully saturated rings. The molecule has 1 aromatic rings. The topological polar surface area (TPSA) is 33.1 Å². The highest BCUT2D eigenvalue weighted by Gasteiger charge is 2.20. The molecule has 1 aromatic heterocycles. The predicted octanol–water partition coefficient (Wildman–Crippen LogP) is 1.09. The number of imidazole rings is 1. The van der Waals surface area contributed by atoms with Crippen molar-refractivity contribution in [1.29, 1.82) is 0 Å². The summed E-state index contributed by atoms with van der Waals surface area (Å²) < 4.78 is 2.25. The average Bonchev–Trinajstić information content (AvgIpc) is 2.97. The van der Waals surface area contributed by atoms with Crippen LogP contribution in [-0.2, 0) is 13.1 Å². The number of hydrogen-bond donors (Lipinski definition) is 1. The van der Waals surface area contributed by atoms with Crippen LogP contribution < -0.4 is 5.32 Å². The van der Waals surface area contributed by atoms with Crippen molar-refractivity contribution in [2.45, 2.75) is 44.9 Å². The monoisotopic (exact) mass is 222 g/mol. The van der Waals surface area contributed by atoms with Gasteiger partial charge in [0.2, 0.25) is 0 Å². The first-order valence-corrected chi connectivity index (χ1v) is 6.05. The Morgan fingerprint density at radius 3 is 2.94 bits per heavy atom. The summed E-state index contributed by atoms with van der Waals surface area (Å²) in [7, 11) is 4.23. The van der Waals surface area contributed by atoms with E-state index in [1.165, 1.54) is 18.5 Å². The largest absolute Gasteiger partial charge is 0.332 e. The predicted molar refractivity (Wildman–Crippen MR) is 65.2 cm³/mol. The van der Waals surface area contributed by atoms with Gasteiger partial charge in [-0.1, -0.05) is 0 Å². The molecule has 4 nitrogen and oxygen atoms in total. The lowest BCUT2D eigenvalue weighted by Crippen LogP contribution is -2.30. The van der Waals surface area contributed by atoms with Gasteiger partial charge in [-0.15, -0.1) is 0 Å². The maximum atomic E-state index is 4.24. The van der Waals surface area contributed by atoms with E-state index in [9.17, 15) is 0 Å². The second-order valence-corrected chi connectivity index (χ2v) is 5.01. The molecule has 0 radical (unpaired) electrons. The molecule has 0 aliphatic heterocycles. The van der Waals surface area contributed by atoms with Crippen LogP contribution >= 0.6 is 0 Å². The van der Waals surface area contributed by atoms with Crippen molar-refractivity contribution in [3.63, 3.8) is 0 Å². The molecular formula is C12H22N4. The van der Waals surface area contributed by atoms with Crippen LogP contribution in [0.15, 0.2) is 12.5 Å². The van der Waals surface area contributed by atoms with E-state index in [2.05, 4.69) is 40.8 Å². The Morgan fingerprint density at radius 1 is 1.56 bits per heavy atom. The Labute approximate surface area is 97.7 Å². The van der Waals surface area contributed by atoms with Crippen LogP contribution in [-0.4, -0.2) is 40.6 Å². The lowest BCUT2D eigenvalue weighted by molar-refractivity contribution is 0.281. The Morgan fingerprint density at radius 2 is 2.31 bits per heavy atom. The summed E-state index contributed by atoms with van der Waals surface area (Å²) in [6.45, 7) is 4.19. The first kappa shape index (κ1) is 11.6. The third-order valence-corrected chi connectivity index (χ3v) is 3.29. The number of nitrogens with zero attached hydrogens (tertiary/aromatic N) is 3. The van der Waals surface area contributed by atoms with E-state index in [0.717, 1.165) is 19.1 Å². The van der Waals surface area contributed by atoms with Crippen LogP contribution in [0.2, 0.25) is 0 Å². The van der Waals surface area contributed by atoms with Crippen molar-refractivity contribution in [2.24, 2.45) is 0 Å². The van der Waals surface area contributed by atoms with Gasteiger partial charge in [-0.05, 0) is 33.9 Å². The van der Waals surface area contributed by atoms with Crippen molar-refractivity contribution < 1.29 is 0 Å². The van der Waals surface area contributed by atoms with Crippen LogP contribution in [0, 0.1) is 0 Å². The van der Waals surface area contributed by atoms with Gasteiger partial charge in [-0.2, -0.15) is 0 Å². The summed E-state index contributed by atoms with van der Waals surface area (Å²) in [5.41, 5.74) is 1.29. The van der Waals surface area contributed by atoms with Gasteiger partial charge in [0.15, 0.2) is 0 Å². The fourth-order valence-corrected chi connectivity index (χ4v) is 1.64. The molecule has 2 rings (SSSR count). The number of rotatable bonds is 6. The molecule has 1 heterocycles. The first-order chi connectivity index (χ1) is 7.66. The average molecular weight is 222 g/mol. The first-order valence-electron chi connectivity index (χ1n) is 6.05. The van der Waals surface area contributed by atoms with Crippen molar-refractivity contribution in [3.8, 4) is 0 Å². The molecule has 1 aliphatic carbocycles. The molecule has 90 valence electrons. The summed E-state index contributed by atoms with van der Waals surface area (Å²) in [5.74, 6) is 0. The van der Waals surface area contributed by atoms with Gasteiger partial charge in [0.1, 0.15) is 0 Å². The summed E-state index contributed by atoms with van der Waals surface area (Å²) in [5, 5.41) is 3.53. The molecule has 1 unspecified atom stereocenters. The Balaban J connectivity index is 1.89. The molecule has 1 aliphatic rings. The van der Waals surface area contributed by atoms with E-state index in [1.807, 2.05) is 12.5 Å². The minimum absolute atomic E-state index is 0.536. The van der Waals surface area contributed by atoms with Gasteiger partial charge < -0.3 is 14.8 Å². The summed E-state index contributed by atoms with van der Waals surface area (Å²) in [6.07, 6.45) is 6.58. The second kappa shape index (κ2) is 4.97. The van der Waals surface area contributed by atoms with Crippen LogP contribution in [0.25, 0.3) is 0 Å². The highest BCUT2D eigenvalue weighted by molar-refractivity contribution is 5.00. The molecule has 4 heteroatoms. The lowest BCUT2D eigenvalue weighted by Gasteiger charge is -2.21. The zero-order valence-electron chi connectivity index (χ0n) is 10.5. The molecule has 1 saturated carbocycles. The molecule has 0 aromatic carbocycles. The van der Waals surface area contributed by atoms with E-state index in [-0.39, 0.29) is 0 Å². The molecular weight excluding hydrogens is 200 g/mol. The summed E-state index contributed by atoms with van der Waals surface area (Å²) in [6, 6.07) is 1.29. The van der Waals surface area contributed by atoms with Gasteiger partial charge in [0.05, 0.1) is 12.0 Å². The van der Waals surface area contributed by atoms with Crippen LogP contribution in [0.1, 0.15) is 25.5 Å².